The third-order valence-electron chi connectivity index (χ3n) is 2.27. The van der Waals surface area contributed by atoms with Crippen LogP contribution in [0.5, 0.6) is 0 Å². The minimum Gasteiger partial charge on any atom is -0.295 e. The van der Waals surface area contributed by atoms with E-state index in [0.29, 0.717) is 16.5 Å². The summed E-state index contributed by atoms with van der Waals surface area (Å²) in [6, 6.07) is 5.47. The average molecular weight is 227 g/mol. The third-order valence-corrected chi connectivity index (χ3v) is 3.09. The topological polar surface area (TPSA) is 17.1 Å². The van der Waals surface area contributed by atoms with Crippen LogP contribution in [0, 0.1) is 0 Å². The number of carbonyl (C=O) groups excluding carboxylic acids is 1. The van der Waals surface area contributed by atoms with Crippen molar-refractivity contribution in [1.82, 2.24) is 0 Å². The minimum atomic E-state index is 0.163. The van der Waals surface area contributed by atoms with Crippen LogP contribution in [0.3, 0.4) is 0 Å². The molecule has 0 unspecified atom stereocenters. The lowest BCUT2D eigenvalue weighted by atomic mass is 10.1. The monoisotopic (exact) mass is 226 g/mol. The summed E-state index contributed by atoms with van der Waals surface area (Å²) in [6.45, 7) is 0. The summed E-state index contributed by atoms with van der Waals surface area (Å²) in [6.07, 6.45) is 2.99. The molecular formula is C11H8Cl2O. The SMILES string of the molecule is O=C1C=C(c2cccc(Cl)c2Cl)CC1. The number of benzene rings is 1. The van der Waals surface area contributed by atoms with Gasteiger partial charge in [0.25, 0.3) is 0 Å². The maximum Gasteiger partial charge on any atom is 0.156 e. The van der Waals surface area contributed by atoms with Crippen molar-refractivity contribution >= 4 is 34.6 Å². The van der Waals surface area contributed by atoms with Gasteiger partial charge in [0, 0.05) is 6.42 Å². The van der Waals surface area contributed by atoms with Crippen molar-refractivity contribution < 1.29 is 4.79 Å². The summed E-state index contributed by atoms with van der Waals surface area (Å²) in [4.78, 5) is 11.1. The van der Waals surface area contributed by atoms with Crippen molar-refractivity contribution in [3.8, 4) is 0 Å². The van der Waals surface area contributed by atoms with Gasteiger partial charge in [0.05, 0.1) is 10.0 Å². The van der Waals surface area contributed by atoms with Crippen LogP contribution in [0.25, 0.3) is 5.57 Å². The molecular weight excluding hydrogens is 219 g/mol. The normalized spacial score (nSPS) is 15.9. The molecule has 3 heteroatoms. The first-order valence-corrected chi connectivity index (χ1v) is 5.12. The van der Waals surface area contributed by atoms with Gasteiger partial charge in [0.1, 0.15) is 0 Å². The maximum atomic E-state index is 11.1. The molecule has 0 fully saturated rings. The molecule has 0 amide bonds. The van der Waals surface area contributed by atoms with E-state index in [1.807, 2.05) is 12.1 Å². The smallest absolute Gasteiger partial charge is 0.156 e. The van der Waals surface area contributed by atoms with Crippen LogP contribution in [-0.2, 0) is 4.79 Å². The maximum absolute atomic E-state index is 11.1. The van der Waals surface area contributed by atoms with Gasteiger partial charge in [0.15, 0.2) is 5.78 Å². The van der Waals surface area contributed by atoms with Gasteiger partial charge in [-0.25, -0.2) is 0 Å². The quantitative estimate of drug-likeness (QED) is 0.714. The molecule has 0 heterocycles. The minimum absolute atomic E-state index is 0.163. The highest BCUT2D eigenvalue weighted by atomic mass is 35.5. The zero-order valence-electron chi connectivity index (χ0n) is 7.39. The Kier molecular flexibility index (Phi) is 2.62. The van der Waals surface area contributed by atoms with Gasteiger partial charge in [0.2, 0.25) is 0 Å². The summed E-state index contributed by atoms with van der Waals surface area (Å²) in [5, 5.41) is 1.07. The summed E-state index contributed by atoms with van der Waals surface area (Å²) in [5.74, 6) is 0.163. The Labute approximate surface area is 92.3 Å². The highest BCUT2D eigenvalue weighted by Crippen LogP contribution is 2.34. The van der Waals surface area contributed by atoms with E-state index >= 15 is 0 Å². The van der Waals surface area contributed by atoms with Crippen LogP contribution in [0.2, 0.25) is 10.0 Å². The van der Waals surface area contributed by atoms with Gasteiger partial charge in [-0.05, 0) is 29.7 Å². The number of allylic oxidation sites excluding steroid dienone is 2. The predicted octanol–water partition coefficient (Wildman–Crippen LogP) is 3.74. The molecule has 0 atom stereocenters. The zero-order valence-corrected chi connectivity index (χ0v) is 8.90. The Balaban J connectivity index is 2.47. The zero-order chi connectivity index (χ0) is 10.1. The van der Waals surface area contributed by atoms with E-state index in [9.17, 15) is 4.79 Å². The van der Waals surface area contributed by atoms with E-state index in [4.69, 9.17) is 23.2 Å². The number of hydrogen-bond donors (Lipinski definition) is 0. The summed E-state index contributed by atoms with van der Waals surface area (Å²) in [7, 11) is 0. The van der Waals surface area contributed by atoms with Gasteiger partial charge >= 0.3 is 0 Å². The van der Waals surface area contributed by atoms with E-state index < -0.39 is 0 Å². The van der Waals surface area contributed by atoms with Gasteiger partial charge in [-0.2, -0.15) is 0 Å². The van der Waals surface area contributed by atoms with Crippen molar-refractivity contribution in [3.63, 3.8) is 0 Å². The van der Waals surface area contributed by atoms with Gasteiger partial charge in [-0.3, -0.25) is 4.79 Å². The van der Waals surface area contributed by atoms with Gasteiger partial charge in [-0.1, -0.05) is 35.3 Å². The van der Waals surface area contributed by atoms with Crippen molar-refractivity contribution in [1.29, 1.82) is 0 Å². The largest absolute Gasteiger partial charge is 0.295 e. The first kappa shape index (κ1) is 9.75. The number of carbonyl (C=O) groups is 1. The van der Waals surface area contributed by atoms with Crippen LogP contribution >= 0.6 is 23.2 Å². The van der Waals surface area contributed by atoms with Gasteiger partial charge in [-0.15, -0.1) is 0 Å². The van der Waals surface area contributed by atoms with Crippen molar-refractivity contribution in [2.75, 3.05) is 0 Å². The van der Waals surface area contributed by atoms with Crippen molar-refractivity contribution in [2.45, 2.75) is 12.8 Å². The highest BCUT2D eigenvalue weighted by Gasteiger charge is 2.16. The van der Waals surface area contributed by atoms with E-state index in [1.54, 1.807) is 12.1 Å². The molecule has 1 aliphatic rings. The lowest BCUT2D eigenvalue weighted by Crippen LogP contribution is -1.83. The fourth-order valence-electron chi connectivity index (χ4n) is 1.56. The van der Waals surface area contributed by atoms with Crippen LogP contribution in [-0.4, -0.2) is 5.78 Å². The average Bonchev–Trinajstić information content (AvgIpc) is 2.57. The van der Waals surface area contributed by atoms with Crippen molar-refractivity contribution in [3.05, 3.63) is 39.9 Å². The van der Waals surface area contributed by atoms with E-state index in [0.717, 1.165) is 17.6 Å². The molecule has 0 saturated heterocycles. The molecule has 0 N–H and O–H groups in total. The van der Waals surface area contributed by atoms with Crippen LogP contribution in [0.1, 0.15) is 18.4 Å². The fourth-order valence-corrected chi connectivity index (χ4v) is 1.98. The number of halogens is 2. The number of hydrogen-bond acceptors (Lipinski definition) is 1. The summed E-state index contributed by atoms with van der Waals surface area (Å²) < 4.78 is 0. The molecule has 1 aromatic rings. The Bertz CT molecular complexity index is 421. The summed E-state index contributed by atoms with van der Waals surface area (Å²) in [5.41, 5.74) is 1.87. The molecule has 0 aliphatic heterocycles. The predicted molar refractivity (Wildman–Crippen MR) is 58.7 cm³/mol. The molecule has 14 heavy (non-hydrogen) atoms. The molecule has 1 nitrogen and oxygen atoms in total. The third kappa shape index (κ3) is 1.70. The fraction of sp³-hybridized carbons (Fsp3) is 0.182. The van der Waals surface area contributed by atoms with E-state index in [2.05, 4.69) is 0 Å². The lowest BCUT2D eigenvalue weighted by molar-refractivity contribution is -0.114. The lowest BCUT2D eigenvalue weighted by Gasteiger charge is -2.05. The Morgan fingerprint density at radius 3 is 2.57 bits per heavy atom. The molecule has 0 radical (unpaired) electrons. The Hall–Kier alpha value is -0.790. The highest BCUT2D eigenvalue weighted by molar-refractivity contribution is 6.43. The van der Waals surface area contributed by atoms with Crippen LogP contribution in [0.15, 0.2) is 24.3 Å². The van der Waals surface area contributed by atoms with Crippen LogP contribution < -0.4 is 0 Å². The van der Waals surface area contributed by atoms with E-state index in [-0.39, 0.29) is 5.78 Å². The Morgan fingerprint density at radius 1 is 1.14 bits per heavy atom. The van der Waals surface area contributed by atoms with Crippen LogP contribution in [0.4, 0.5) is 0 Å². The second-order valence-electron chi connectivity index (χ2n) is 3.24. The Morgan fingerprint density at radius 2 is 1.93 bits per heavy atom. The molecule has 1 aromatic carbocycles. The first-order chi connectivity index (χ1) is 6.68. The first-order valence-electron chi connectivity index (χ1n) is 4.36. The second kappa shape index (κ2) is 3.76. The van der Waals surface area contributed by atoms with Crippen molar-refractivity contribution in [2.24, 2.45) is 0 Å². The molecule has 0 saturated carbocycles. The molecule has 1 aliphatic carbocycles. The standard InChI is InChI=1S/C11H8Cl2O/c12-10-3-1-2-9(11(10)13)7-4-5-8(14)6-7/h1-3,6H,4-5H2. The van der Waals surface area contributed by atoms with E-state index in [1.165, 1.54) is 0 Å². The molecule has 0 aromatic heterocycles. The molecule has 0 spiro atoms. The molecule has 72 valence electrons. The molecule has 2 rings (SSSR count). The number of ketones is 1. The van der Waals surface area contributed by atoms with Gasteiger partial charge < -0.3 is 0 Å². The molecule has 0 bridgehead atoms. The number of rotatable bonds is 1. The second-order valence-corrected chi connectivity index (χ2v) is 4.02. The summed E-state index contributed by atoms with van der Waals surface area (Å²) >= 11 is 11.9.